The van der Waals surface area contributed by atoms with Crippen LogP contribution < -0.4 is 5.32 Å². The van der Waals surface area contributed by atoms with Gasteiger partial charge in [0.15, 0.2) is 6.23 Å². The Labute approximate surface area is 81.6 Å². The standard InChI is InChI=1S/C8H13N3O3/c1-5-3-10-8(9-2)11(7(5)14)4-6(12)13/h3,7,14H,4H2,1-2H3,(H,9,10)(H,12,13). The minimum absolute atomic E-state index is 0.286. The number of aliphatic carboxylic acids is 1. The van der Waals surface area contributed by atoms with Gasteiger partial charge in [0.2, 0.25) is 5.96 Å². The number of hydrogen-bond acceptors (Lipinski definition) is 3. The molecule has 0 aromatic heterocycles. The first-order valence-corrected chi connectivity index (χ1v) is 4.12. The minimum atomic E-state index is -1.01. The summed E-state index contributed by atoms with van der Waals surface area (Å²) in [6, 6.07) is 0. The van der Waals surface area contributed by atoms with Gasteiger partial charge in [0.25, 0.3) is 0 Å². The van der Waals surface area contributed by atoms with Crippen molar-refractivity contribution in [1.29, 1.82) is 0 Å². The summed E-state index contributed by atoms with van der Waals surface area (Å²) in [6.07, 6.45) is 0.678. The Morgan fingerprint density at radius 3 is 2.93 bits per heavy atom. The van der Waals surface area contributed by atoms with Gasteiger partial charge in [0.05, 0.1) is 0 Å². The fraction of sp³-hybridized carbons (Fsp3) is 0.500. The van der Waals surface area contributed by atoms with E-state index in [0.717, 1.165) is 0 Å². The monoisotopic (exact) mass is 199 g/mol. The SMILES string of the molecule is CN=C1NC=C(C)C(O)N1CC(=O)O. The van der Waals surface area contributed by atoms with Crippen molar-refractivity contribution in [2.75, 3.05) is 13.6 Å². The highest BCUT2D eigenvalue weighted by atomic mass is 16.4. The maximum atomic E-state index is 10.5. The summed E-state index contributed by atoms with van der Waals surface area (Å²) in [4.78, 5) is 15.6. The summed E-state index contributed by atoms with van der Waals surface area (Å²) in [5.74, 6) is -0.660. The molecule has 1 atom stereocenters. The number of rotatable bonds is 2. The van der Waals surface area contributed by atoms with Crippen LogP contribution in [-0.2, 0) is 4.79 Å². The van der Waals surface area contributed by atoms with Crippen molar-refractivity contribution in [3.63, 3.8) is 0 Å². The van der Waals surface area contributed by atoms with E-state index in [0.29, 0.717) is 11.5 Å². The van der Waals surface area contributed by atoms with Gasteiger partial charge in [-0.3, -0.25) is 9.79 Å². The van der Waals surface area contributed by atoms with Crippen molar-refractivity contribution in [1.82, 2.24) is 10.2 Å². The number of aliphatic hydroxyl groups excluding tert-OH is 1. The van der Waals surface area contributed by atoms with Crippen molar-refractivity contribution in [2.45, 2.75) is 13.2 Å². The van der Waals surface area contributed by atoms with Crippen LogP contribution in [0.25, 0.3) is 0 Å². The van der Waals surface area contributed by atoms with Gasteiger partial charge in [-0.2, -0.15) is 0 Å². The molecule has 14 heavy (non-hydrogen) atoms. The van der Waals surface area contributed by atoms with Crippen molar-refractivity contribution in [2.24, 2.45) is 4.99 Å². The highest BCUT2D eigenvalue weighted by Crippen LogP contribution is 2.11. The quantitative estimate of drug-likeness (QED) is 0.541. The van der Waals surface area contributed by atoms with Gasteiger partial charge in [0.1, 0.15) is 6.54 Å². The Morgan fingerprint density at radius 2 is 2.43 bits per heavy atom. The van der Waals surface area contributed by atoms with Gasteiger partial charge in [-0.25, -0.2) is 0 Å². The topological polar surface area (TPSA) is 85.2 Å². The molecular formula is C8H13N3O3. The molecule has 1 rings (SSSR count). The van der Waals surface area contributed by atoms with Gasteiger partial charge in [0, 0.05) is 13.2 Å². The molecule has 0 spiro atoms. The van der Waals surface area contributed by atoms with Crippen LogP contribution in [0.3, 0.4) is 0 Å². The lowest BCUT2D eigenvalue weighted by molar-refractivity contribution is -0.139. The van der Waals surface area contributed by atoms with Crippen LogP contribution in [0.15, 0.2) is 16.8 Å². The van der Waals surface area contributed by atoms with Gasteiger partial charge in [-0.05, 0) is 12.5 Å². The number of hydrogen-bond donors (Lipinski definition) is 3. The Kier molecular flexibility index (Phi) is 3.08. The molecule has 0 saturated heterocycles. The van der Waals surface area contributed by atoms with E-state index in [-0.39, 0.29) is 6.54 Å². The molecule has 6 heteroatoms. The molecule has 78 valence electrons. The highest BCUT2D eigenvalue weighted by Gasteiger charge is 2.26. The lowest BCUT2D eigenvalue weighted by atomic mass is 10.2. The molecule has 0 amide bonds. The molecule has 0 aromatic rings. The summed E-state index contributed by atoms with van der Waals surface area (Å²) in [6.45, 7) is 1.42. The lowest BCUT2D eigenvalue weighted by Crippen LogP contribution is -2.51. The maximum Gasteiger partial charge on any atom is 0.323 e. The molecule has 0 aliphatic carbocycles. The fourth-order valence-corrected chi connectivity index (χ4v) is 1.20. The molecule has 0 fully saturated rings. The molecule has 0 radical (unpaired) electrons. The number of carboxylic acids is 1. The highest BCUT2D eigenvalue weighted by molar-refractivity contribution is 5.86. The van der Waals surface area contributed by atoms with Crippen LogP contribution in [0.2, 0.25) is 0 Å². The Balaban J connectivity index is 2.87. The summed E-state index contributed by atoms with van der Waals surface area (Å²) >= 11 is 0. The number of guanidine groups is 1. The molecule has 1 aliphatic heterocycles. The first-order chi connectivity index (χ1) is 6.56. The number of nitrogens with one attached hydrogen (secondary N) is 1. The summed E-state index contributed by atoms with van der Waals surface area (Å²) in [5.41, 5.74) is 0.652. The van der Waals surface area contributed by atoms with Crippen LogP contribution in [0, 0.1) is 0 Å². The molecule has 6 nitrogen and oxygen atoms in total. The lowest BCUT2D eigenvalue weighted by Gasteiger charge is -2.33. The number of carbonyl (C=O) groups is 1. The number of aliphatic imine (C=N–C) groups is 1. The molecular weight excluding hydrogens is 186 g/mol. The minimum Gasteiger partial charge on any atom is -0.480 e. The second kappa shape index (κ2) is 4.10. The Hall–Kier alpha value is -1.56. The molecule has 1 aliphatic rings. The van der Waals surface area contributed by atoms with Gasteiger partial charge in [-0.15, -0.1) is 0 Å². The molecule has 0 bridgehead atoms. The average molecular weight is 199 g/mol. The van der Waals surface area contributed by atoms with Crippen LogP contribution in [0.1, 0.15) is 6.92 Å². The number of carboxylic acid groups (broad SMARTS) is 1. The van der Waals surface area contributed by atoms with E-state index in [2.05, 4.69) is 10.3 Å². The summed E-state index contributed by atoms with van der Waals surface area (Å²) in [7, 11) is 1.53. The average Bonchev–Trinajstić information content (AvgIpc) is 2.13. The first kappa shape index (κ1) is 10.5. The Bertz CT molecular complexity index is 298. The van der Waals surface area contributed by atoms with E-state index in [1.165, 1.54) is 11.9 Å². The van der Waals surface area contributed by atoms with Crippen molar-refractivity contribution in [3.8, 4) is 0 Å². The van der Waals surface area contributed by atoms with Gasteiger partial charge >= 0.3 is 5.97 Å². The van der Waals surface area contributed by atoms with E-state index >= 15 is 0 Å². The van der Waals surface area contributed by atoms with Crippen molar-refractivity contribution < 1.29 is 15.0 Å². The fourth-order valence-electron chi connectivity index (χ4n) is 1.20. The normalized spacial score (nSPS) is 24.5. The molecule has 1 heterocycles. The third-order valence-electron chi connectivity index (χ3n) is 1.92. The van der Waals surface area contributed by atoms with E-state index in [9.17, 15) is 9.90 Å². The zero-order chi connectivity index (χ0) is 10.7. The predicted octanol–water partition coefficient (Wildman–Crippen LogP) is -0.816. The molecule has 0 saturated carbocycles. The number of nitrogens with zero attached hydrogens (tertiary/aromatic N) is 2. The zero-order valence-corrected chi connectivity index (χ0v) is 8.06. The summed E-state index contributed by atoms with van der Waals surface area (Å²) < 4.78 is 0. The largest absolute Gasteiger partial charge is 0.480 e. The molecule has 0 aromatic carbocycles. The smallest absolute Gasteiger partial charge is 0.323 e. The van der Waals surface area contributed by atoms with E-state index in [4.69, 9.17) is 5.11 Å². The molecule has 1 unspecified atom stereocenters. The van der Waals surface area contributed by atoms with E-state index in [1.54, 1.807) is 13.1 Å². The third kappa shape index (κ3) is 2.02. The van der Waals surface area contributed by atoms with Crippen molar-refractivity contribution >= 4 is 11.9 Å². The zero-order valence-electron chi connectivity index (χ0n) is 8.06. The second-order valence-electron chi connectivity index (χ2n) is 2.98. The predicted molar refractivity (Wildman–Crippen MR) is 50.6 cm³/mol. The van der Waals surface area contributed by atoms with Crippen LogP contribution >= 0.6 is 0 Å². The van der Waals surface area contributed by atoms with Crippen molar-refractivity contribution in [3.05, 3.63) is 11.8 Å². The van der Waals surface area contributed by atoms with Gasteiger partial charge in [-0.1, -0.05) is 0 Å². The summed E-state index contributed by atoms with van der Waals surface area (Å²) in [5, 5.41) is 21.1. The van der Waals surface area contributed by atoms with E-state index < -0.39 is 12.2 Å². The first-order valence-electron chi connectivity index (χ1n) is 4.12. The molecule has 3 N–H and O–H groups in total. The Morgan fingerprint density at radius 1 is 1.79 bits per heavy atom. The van der Waals surface area contributed by atoms with Crippen LogP contribution in [-0.4, -0.2) is 46.9 Å². The van der Waals surface area contributed by atoms with Gasteiger partial charge < -0.3 is 20.4 Å². The van der Waals surface area contributed by atoms with Crippen LogP contribution in [0.5, 0.6) is 0 Å². The van der Waals surface area contributed by atoms with E-state index in [1.807, 2.05) is 0 Å². The maximum absolute atomic E-state index is 10.5. The van der Waals surface area contributed by atoms with Crippen LogP contribution in [0.4, 0.5) is 0 Å². The second-order valence-corrected chi connectivity index (χ2v) is 2.98. The third-order valence-corrected chi connectivity index (χ3v) is 1.92. The number of aliphatic hydroxyl groups is 1.